The summed E-state index contributed by atoms with van der Waals surface area (Å²) in [5.74, 6) is -0.737. The Morgan fingerprint density at radius 2 is 1.88 bits per heavy atom. The van der Waals surface area contributed by atoms with E-state index in [4.69, 9.17) is 26.3 Å². The Kier molecular flexibility index (Phi) is 6.17. The van der Waals surface area contributed by atoms with Gasteiger partial charge in [0.05, 0.1) is 11.6 Å². The summed E-state index contributed by atoms with van der Waals surface area (Å²) in [5.41, 5.74) is 1.000. The number of nitrogens with one attached hydrogen (secondary N) is 1. The van der Waals surface area contributed by atoms with Crippen molar-refractivity contribution in [3.05, 3.63) is 59.1 Å². The molecule has 0 fully saturated rings. The largest absolute Gasteiger partial charge is 0.482 e. The molecule has 0 aromatic heterocycles. The number of benzene rings is 2. The maximum atomic E-state index is 11.7. The number of esters is 1. The van der Waals surface area contributed by atoms with Crippen molar-refractivity contribution < 1.29 is 19.1 Å². The van der Waals surface area contributed by atoms with Crippen LogP contribution < -0.4 is 10.1 Å². The van der Waals surface area contributed by atoms with Gasteiger partial charge in [-0.1, -0.05) is 17.7 Å². The lowest BCUT2D eigenvalue weighted by atomic mass is 10.2. The first-order valence-electron chi connectivity index (χ1n) is 6.91. The Morgan fingerprint density at radius 1 is 1.12 bits per heavy atom. The van der Waals surface area contributed by atoms with Crippen molar-refractivity contribution in [3.63, 3.8) is 0 Å². The average Bonchev–Trinajstić information content (AvgIpc) is 2.58. The van der Waals surface area contributed by atoms with Crippen molar-refractivity contribution in [1.82, 2.24) is 0 Å². The molecule has 0 heterocycles. The standard InChI is InChI=1S/C17H13ClN2O4/c18-13-2-1-3-14(8-13)20-16(21)10-24-17(22)11-23-15-6-4-12(9-19)5-7-15/h1-8H,10-11H2,(H,20,21). The van der Waals surface area contributed by atoms with Crippen molar-refractivity contribution >= 4 is 29.2 Å². The lowest BCUT2D eigenvalue weighted by Gasteiger charge is -2.08. The van der Waals surface area contributed by atoms with Gasteiger partial charge in [-0.05, 0) is 42.5 Å². The van der Waals surface area contributed by atoms with Crippen LogP contribution in [-0.2, 0) is 14.3 Å². The molecule has 0 aliphatic rings. The smallest absolute Gasteiger partial charge is 0.344 e. The normalized spacial score (nSPS) is 9.67. The molecule has 0 aliphatic heterocycles. The first-order chi connectivity index (χ1) is 11.6. The maximum absolute atomic E-state index is 11.7. The SMILES string of the molecule is N#Cc1ccc(OCC(=O)OCC(=O)Nc2cccc(Cl)c2)cc1. The summed E-state index contributed by atoms with van der Waals surface area (Å²) in [6.07, 6.45) is 0. The molecule has 0 saturated heterocycles. The van der Waals surface area contributed by atoms with Gasteiger partial charge < -0.3 is 14.8 Å². The summed E-state index contributed by atoms with van der Waals surface area (Å²) < 4.78 is 10.0. The predicted octanol–water partition coefficient (Wildman–Crippen LogP) is 2.77. The number of hydrogen-bond donors (Lipinski definition) is 1. The van der Waals surface area contributed by atoms with Crippen LogP contribution in [0.2, 0.25) is 5.02 Å². The van der Waals surface area contributed by atoms with Crippen LogP contribution in [0, 0.1) is 11.3 Å². The minimum Gasteiger partial charge on any atom is -0.482 e. The van der Waals surface area contributed by atoms with E-state index in [1.54, 1.807) is 48.5 Å². The third-order valence-corrected chi connectivity index (χ3v) is 3.05. The molecule has 0 spiro atoms. The lowest BCUT2D eigenvalue weighted by molar-refractivity contribution is -0.149. The molecule has 7 heteroatoms. The zero-order valence-electron chi connectivity index (χ0n) is 12.5. The molecule has 0 radical (unpaired) electrons. The van der Waals surface area contributed by atoms with Crippen LogP contribution >= 0.6 is 11.6 Å². The molecule has 6 nitrogen and oxygen atoms in total. The highest BCUT2D eigenvalue weighted by molar-refractivity contribution is 6.30. The summed E-state index contributed by atoms with van der Waals surface area (Å²) in [6, 6.07) is 14.9. The van der Waals surface area contributed by atoms with Gasteiger partial charge in [0.15, 0.2) is 13.2 Å². The minimum absolute atomic E-state index is 0.337. The number of anilines is 1. The molecule has 2 aromatic carbocycles. The Labute approximate surface area is 143 Å². The molecule has 0 atom stereocenters. The quantitative estimate of drug-likeness (QED) is 0.814. The van der Waals surface area contributed by atoms with Gasteiger partial charge in [-0.15, -0.1) is 0 Å². The van der Waals surface area contributed by atoms with Gasteiger partial charge in [-0.3, -0.25) is 4.79 Å². The predicted molar refractivity (Wildman–Crippen MR) is 87.7 cm³/mol. The van der Waals surface area contributed by atoms with Crippen LogP contribution in [0.25, 0.3) is 0 Å². The van der Waals surface area contributed by atoms with E-state index in [9.17, 15) is 9.59 Å². The number of hydrogen-bond acceptors (Lipinski definition) is 5. The first-order valence-corrected chi connectivity index (χ1v) is 7.28. The summed E-state index contributed by atoms with van der Waals surface area (Å²) in [6.45, 7) is -0.765. The highest BCUT2D eigenvalue weighted by Gasteiger charge is 2.09. The second-order valence-corrected chi connectivity index (χ2v) is 5.08. The number of nitriles is 1. The van der Waals surface area contributed by atoms with Crippen molar-refractivity contribution in [1.29, 1.82) is 5.26 Å². The Balaban J connectivity index is 1.72. The zero-order valence-corrected chi connectivity index (χ0v) is 13.2. The Morgan fingerprint density at radius 3 is 2.54 bits per heavy atom. The highest BCUT2D eigenvalue weighted by atomic mass is 35.5. The van der Waals surface area contributed by atoms with Gasteiger partial charge in [0.25, 0.3) is 5.91 Å². The number of carbonyl (C=O) groups excluding carboxylic acids is 2. The van der Waals surface area contributed by atoms with Gasteiger partial charge in [-0.2, -0.15) is 5.26 Å². The van der Waals surface area contributed by atoms with E-state index < -0.39 is 18.5 Å². The number of rotatable bonds is 6. The third kappa shape index (κ3) is 5.63. The molecular formula is C17H13ClN2O4. The molecule has 2 rings (SSSR count). The first kappa shape index (κ1) is 17.3. The zero-order chi connectivity index (χ0) is 17.4. The summed E-state index contributed by atoms with van der Waals surface area (Å²) in [5, 5.41) is 11.7. The van der Waals surface area contributed by atoms with Gasteiger partial charge in [0.2, 0.25) is 0 Å². The Bertz CT molecular complexity index is 769. The van der Waals surface area contributed by atoms with E-state index in [0.29, 0.717) is 22.0 Å². The molecule has 1 N–H and O–H groups in total. The molecule has 1 amide bonds. The van der Waals surface area contributed by atoms with Crippen LogP contribution in [-0.4, -0.2) is 25.1 Å². The van der Waals surface area contributed by atoms with Crippen molar-refractivity contribution in [2.45, 2.75) is 0 Å². The van der Waals surface area contributed by atoms with Crippen molar-refractivity contribution in [2.75, 3.05) is 18.5 Å². The van der Waals surface area contributed by atoms with E-state index in [1.165, 1.54) is 0 Å². The second kappa shape index (κ2) is 8.56. The van der Waals surface area contributed by atoms with Crippen molar-refractivity contribution in [3.8, 4) is 11.8 Å². The summed E-state index contributed by atoms with van der Waals surface area (Å²) >= 11 is 5.80. The van der Waals surface area contributed by atoms with Crippen LogP contribution in [0.4, 0.5) is 5.69 Å². The number of amides is 1. The topological polar surface area (TPSA) is 88.4 Å². The van der Waals surface area contributed by atoms with Crippen LogP contribution in [0.3, 0.4) is 0 Å². The average molecular weight is 345 g/mol. The van der Waals surface area contributed by atoms with Crippen LogP contribution in [0.15, 0.2) is 48.5 Å². The summed E-state index contributed by atoms with van der Waals surface area (Å²) in [7, 11) is 0. The number of ether oxygens (including phenoxy) is 2. The minimum atomic E-state index is -0.680. The monoisotopic (exact) mass is 344 g/mol. The Hall–Kier alpha value is -3.04. The summed E-state index contributed by atoms with van der Waals surface area (Å²) in [4.78, 5) is 23.2. The molecule has 0 saturated carbocycles. The molecule has 2 aromatic rings. The van der Waals surface area contributed by atoms with Gasteiger partial charge in [0.1, 0.15) is 5.75 Å². The van der Waals surface area contributed by atoms with E-state index in [1.807, 2.05) is 6.07 Å². The third-order valence-electron chi connectivity index (χ3n) is 2.81. The van der Waals surface area contributed by atoms with Crippen LogP contribution in [0.5, 0.6) is 5.75 Å². The molecule has 122 valence electrons. The highest BCUT2D eigenvalue weighted by Crippen LogP contribution is 2.14. The molecular weight excluding hydrogens is 332 g/mol. The fourth-order valence-electron chi connectivity index (χ4n) is 1.72. The molecule has 0 unspecified atom stereocenters. The lowest BCUT2D eigenvalue weighted by Crippen LogP contribution is -2.23. The van der Waals surface area contributed by atoms with E-state index in [2.05, 4.69) is 5.32 Å². The number of halogens is 1. The molecule has 24 heavy (non-hydrogen) atoms. The fraction of sp³-hybridized carbons (Fsp3) is 0.118. The van der Waals surface area contributed by atoms with Crippen molar-refractivity contribution in [2.24, 2.45) is 0 Å². The van der Waals surface area contributed by atoms with Gasteiger partial charge >= 0.3 is 5.97 Å². The van der Waals surface area contributed by atoms with E-state index >= 15 is 0 Å². The van der Waals surface area contributed by atoms with Gasteiger partial charge in [0, 0.05) is 10.7 Å². The second-order valence-electron chi connectivity index (χ2n) is 4.64. The van der Waals surface area contributed by atoms with Crippen LogP contribution in [0.1, 0.15) is 5.56 Å². The fourth-order valence-corrected chi connectivity index (χ4v) is 1.91. The van der Waals surface area contributed by atoms with E-state index in [-0.39, 0.29) is 6.61 Å². The van der Waals surface area contributed by atoms with Gasteiger partial charge in [-0.25, -0.2) is 4.79 Å². The molecule has 0 aliphatic carbocycles. The van der Waals surface area contributed by atoms with E-state index in [0.717, 1.165) is 0 Å². The number of nitrogens with zero attached hydrogens (tertiary/aromatic N) is 1. The maximum Gasteiger partial charge on any atom is 0.344 e. The molecule has 0 bridgehead atoms. The number of carbonyl (C=O) groups is 2.